The predicted octanol–water partition coefficient (Wildman–Crippen LogP) is 4.07. The van der Waals surface area contributed by atoms with Gasteiger partial charge >= 0.3 is 0 Å². The van der Waals surface area contributed by atoms with Gasteiger partial charge in [0.15, 0.2) is 27.2 Å². The van der Waals surface area contributed by atoms with Gasteiger partial charge < -0.3 is 9.47 Å². The maximum atomic E-state index is 15.0. The molecule has 4 rings (SSSR count). The second kappa shape index (κ2) is 8.11. The van der Waals surface area contributed by atoms with Gasteiger partial charge in [0.2, 0.25) is 0 Å². The highest BCUT2D eigenvalue weighted by Crippen LogP contribution is 2.40. The SMILES string of the molecule is Cc1c(O[C@H](c2ccncc2)c2ccc(S(C)(=O)=O)cc2)c(F)cc2c1OCCC2=O. The van der Waals surface area contributed by atoms with Crippen LogP contribution in [-0.4, -0.2) is 32.0 Å². The zero-order valence-electron chi connectivity index (χ0n) is 17.0. The third-order valence-electron chi connectivity index (χ3n) is 5.15. The van der Waals surface area contributed by atoms with Crippen molar-refractivity contribution < 1.29 is 27.1 Å². The fraction of sp³-hybridized carbons (Fsp3) is 0.217. The summed E-state index contributed by atoms with van der Waals surface area (Å²) in [5.41, 5.74) is 1.95. The first-order valence-corrected chi connectivity index (χ1v) is 11.5. The Hall–Kier alpha value is -3.26. The minimum Gasteiger partial charge on any atom is -0.492 e. The Balaban J connectivity index is 1.79. The Kier molecular flexibility index (Phi) is 5.49. The van der Waals surface area contributed by atoms with E-state index in [0.29, 0.717) is 22.4 Å². The van der Waals surface area contributed by atoms with Gasteiger partial charge in [-0.1, -0.05) is 12.1 Å². The first kappa shape index (κ1) is 21.0. The molecule has 2 aromatic carbocycles. The van der Waals surface area contributed by atoms with Crippen LogP contribution in [-0.2, 0) is 9.84 Å². The van der Waals surface area contributed by atoms with E-state index in [1.807, 2.05) is 0 Å². The number of fused-ring (bicyclic) bond motifs is 1. The van der Waals surface area contributed by atoms with Gasteiger partial charge in [-0.25, -0.2) is 12.8 Å². The number of rotatable bonds is 5. The number of pyridine rings is 1. The first-order chi connectivity index (χ1) is 14.8. The summed E-state index contributed by atoms with van der Waals surface area (Å²) in [6, 6.07) is 10.9. The number of hydrogen-bond acceptors (Lipinski definition) is 6. The first-order valence-electron chi connectivity index (χ1n) is 9.61. The average Bonchev–Trinajstić information content (AvgIpc) is 2.75. The number of nitrogens with zero attached hydrogens (tertiary/aromatic N) is 1. The van der Waals surface area contributed by atoms with E-state index in [1.165, 1.54) is 12.1 Å². The molecule has 0 aliphatic carbocycles. The van der Waals surface area contributed by atoms with E-state index < -0.39 is 21.8 Å². The monoisotopic (exact) mass is 441 g/mol. The lowest BCUT2D eigenvalue weighted by Gasteiger charge is -2.25. The van der Waals surface area contributed by atoms with Gasteiger partial charge in [0.05, 0.1) is 17.1 Å². The second-order valence-electron chi connectivity index (χ2n) is 7.33. The van der Waals surface area contributed by atoms with Crippen molar-refractivity contribution in [3.8, 4) is 11.5 Å². The molecule has 1 aliphatic rings. The maximum absolute atomic E-state index is 15.0. The van der Waals surface area contributed by atoms with Crippen molar-refractivity contribution >= 4 is 15.6 Å². The molecule has 2 heterocycles. The van der Waals surface area contributed by atoms with Crippen LogP contribution in [0.15, 0.2) is 59.8 Å². The molecule has 0 radical (unpaired) electrons. The molecular weight excluding hydrogens is 421 g/mol. The highest BCUT2D eigenvalue weighted by Gasteiger charge is 2.28. The summed E-state index contributed by atoms with van der Waals surface area (Å²) in [4.78, 5) is 16.3. The summed E-state index contributed by atoms with van der Waals surface area (Å²) in [5, 5.41) is 0. The summed E-state index contributed by atoms with van der Waals surface area (Å²) >= 11 is 0. The number of ether oxygens (including phenoxy) is 2. The van der Waals surface area contributed by atoms with E-state index in [-0.39, 0.29) is 35.0 Å². The Morgan fingerprint density at radius 1 is 1.10 bits per heavy atom. The molecule has 0 saturated heterocycles. The van der Waals surface area contributed by atoms with Crippen molar-refractivity contribution in [3.05, 3.63) is 82.9 Å². The molecule has 0 unspecified atom stereocenters. The molecule has 1 atom stereocenters. The lowest BCUT2D eigenvalue weighted by Crippen LogP contribution is -2.18. The van der Waals surface area contributed by atoms with E-state index in [0.717, 1.165) is 12.3 Å². The largest absolute Gasteiger partial charge is 0.492 e. The Morgan fingerprint density at radius 2 is 1.74 bits per heavy atom. The van der Waals surface area contributed by atoms with Crippen molar-refractivity contribution in [3.63, 3.8) is 0 Å². The summed E-state index contributed by atoms with van der Waals surface area (Å²) in [5.74, 6) is -0.533. The molecule has 0 N–H and O–H groups in total. The molecule has 0 bridgehead atoms. The van der Waals surface area contributed by atoms with Crippen molar-refractivity contribution in [2.45, 2.75) is 24.3 Å². The van der Waals surface area contributed by atoms with Gasteiger partial charge in [-0.2, -0.15) is 0 Å². The topological polar surface area (TPSA) is 82.6 Å². The maximum Gasteiger partial charge on any atom is 0.175 e. The van der Waals surface area contributed by atoms with Crippen molar-refractivity contribution in [1.82, 2.24) is 4.98 Å². The lowest BCUT2D eigenvalue weighted by molar-refractivity contribution is 0.0931. The Bertz CT molecular complexity index is 1240. The van der Waals surface area contributed by atoms with Crippen LogP contribution in [0.1, 0.15) is 39.6 Å². The van der Waals surface area contributed by atoms with Gasteiger partial charge in [0.25, 0.3) is 0 Å². The number of hydrogen-bond donors (Lipinski definition) is 0. The fourth-order valence-corrected chi connectivity index (χ4v) is 4.17. The van der Waals surface area contributed by atoms with E-state index >= 15 is 0 Å². The summed E-state index contributed by atoms with van der Waals surface area (Å²) in [6.45, 7) is 1.88. The summed E-state index contributed by atoms with van der Waals surface area (Å²) in [7, 11) is -3.36. The third kappa shape index (κ3) is 4.16. The van der Waals surface area contributed by atoms with Gasteiger partial charge in [-0.3, -0.25) is 9.78 Å². The van der Waals surface area contributed by atoms with E-state index in [2.05, 4.69) is 4.98 Å². The quantitative estimate of drug-likeness (QED) is 0.594. The highest BCUT2D eigenvalue weighted by atomic mass is 32.2. The molecule has 6 nitrogen and oxygen atoms in total. The van der Waals surface area contributed by atoms with E-state index in [9.17, 15) is 17.6 Å². The summed E-state index contributed by atoms with van der Waals surface area (Å²) < 4.78 is 50.3. The van der Waals surface area contributed by atoms with Crippen LogP contribution >= 0.6 is 0 Å². The Morgan fingerprint density at radius 3 is 2.39 bits per heavy atom. The molecule has 0 saturated carbocycles. The average molecular weight is 441 g/mol. The van der Waals surface area contributed by atoms with Gasteiger partial charge in [0, 0.05) is 30.6 Å². The molecule has 0 fully saturated rings. The highest BCUT2D eigenvalue weighted by molar-refractivity contribution is 7.90. The number of aromatic nitrogens is 1. The van der Waals surface area contributed by atoms with Crippen molar-refractivity contribution in [1.29, 1.82) is 0 Å². The van der Waals surface area contributed by atoms with Crippen LogP contribution in [0.4, 0.5) is 4.39 Å². The standard InChI is InChI=1S/C23H20FNO5S/c1-14-21-18(20(26)9-12-29-21)13-19(24)22(14)30-23(16-7-10-25-11-8-16)15-3-5-17(6-4-15)31(2,27)28/h3-8,10-11,13,23H,9,12H2,1-2H3/t23-/m0/s1. The van der Waals surface area contributed by atoms with Gasteiger partial charge in [0.1, 0.15) is 11.9 Å². The van der Waals surface area contributed by atoms with Gasteiger partial charge in [-0.15, -0.1) is 0 Å². The number of carbonyl (C=O) groups excluding carboxylic acids is 1. The zero-order chi connectivity index (χ0) is 22.2. The lowest BCUT2D eigenvalue weighted by atomic mass is 9.99. The normalized spacial score (nSPS) is 14.5. The molecule has 0 amide bonds. The molecule has 3 aromatic rings. The number of halogens is 1. The molecular formula is C23H20FNO5S. The van der Waals surface area contributed by atoms with Crippen molar-refractivity contribution in [2.75, 3.05) is 12.9 Å². The van der Waals surface area contributed by atoms with Crippen LogP contribution in [0.3, 0.4) is 0 Å². The number of carbonyl (C=O) groups is 1. The van der Waals surface area contributed by atoms with Crippen LogP contribution in [0.2, 0.25) is 0 Å². The molecule has 8 heteroatoms. The molecule has 1 aliphatic heterocycles. The number of ketones is 1. The third-order valence-corrected chi connectivity index (χ3v) is 6.27. The molecule has 31 heavy (non-hydrogen) atoms. The zero-order valence-corrected chi connectivity index (χ0v) is 17.8. The van der Waals surface area contributed by atoms with Crippen molar-refractivity contribution in [2.24, 2.45) is 0 Å². The number of sulfone groups is 1. The van der Waals surface area contributed by atoms with Crippen LogP contribution < -0.4 is 9.47 Å². The van der Waals surface area contributed by atoms with Crippen LogP contribution in [0.25, 0.3) is 0 Å². The fourth-order valence-electron chi connectivity index (χ4n) is 3.53. The number of Topliss-reactive ketones (excluding diaryl/α,β-unsaturated/α-hetero) is 1. The minimum atomic E-state index is -3.36. The van der Waals surface area contributed by atoms with E-state index in [4.69, 9.17) is 9.47 Å². The minimum absolute atomic E-state index is 0.0255. The number of benzene rings is 2. The van der Waals surface area contributed by atoms with Gasteiger partial charge in [-0.05, 0) is 48.4 Å². The molecule has 0 spiro atoms. The van der Waals surface area contributed by atoms with Crippen LogP contribution in [0, 0.1) is 12.7 Å². The Labute approximate surface area is 179 Å². The van der Waals surface area contributed by atoms with Crippen LogP contribution in [0.5, 0.6) is 11.5 Å². The summed E-state index contributed by atoms with van der Waals surface area (Å²) in [6.07, 6.45) is 3.79. The van der Waals surface area contributed by atoms with E-state index in [1.54, 1.807) is 43.6 Å². The smallest absolute Gasteiger partial charge is 0.175 e. The second-order valence-corrected chi connectivity index (χ2v) is 9.35. The molecule has 160 valence electrons. The molecule has 1 aromatic heterocycles. The predicted molar refractivity (Wildman–Crippen MR) is 112 cm³/mol.